The highest BCUT2D eigenvalue weighted by Gasteiger charge is 2.24. The third-order valence-corrected chi connectivity index (χ3v) is 7.85. The van der Waals surface area contributed by atoms with Crippen LogP contribution in [0, 0.1) is 0 Å². The molecule has 8 heteroatoms. The van der Waals surface area contributed by atoms with Crippen LogP contribution in [-0.2, 0) is 0 Å². The first kappa shape index (κ1) is 24.9. The number of hydrogen-bond donors (Lipinski definition) is 2. The van der Waals surface area contributed by atoms with Crippen molar-refractivity contribution < 1.29 is 4.79 Å². The number of carbonyl (C=O) groups excluding carboxylic acids is 1. The average Bonchev–Trinajstić information content (AvgIpc) is 3.61. The average molecular weight is 513 g/mol. The van der Waals surface area contributed by atoms with Crippen LogP contribution in [0.25, 0.3) is 10.6 Å². The molecule has 7 nitrogen and oxygen atoms in total. The predicted molar refractivity (Wildman–Crippen MR) is 152 cm³/mol. The highest BCUT2D eigenvalue weighted by Crippen LogP contribution is 2.29. The van der Waals surface area contributed by atoms with Crippen molar-refractivity contribution in [2.75, 3.05) is 37.4 Å². The van der Waals surface area contributed by atoms with Gasteiger partial charge in [0, 0.05) is 36.7 Å². The maximum absolute atomic E-state index is 12.8. The van der Waals surface area contributed by atoms with Crippen molar-refractivity contribution >= 4 is 34.6 Å². The molecule has 1 aliphatic rings. The lowest BCUT2D eigenvalue weighted by molar-refractivity contribution is 0.0944. The molecule has 0 radical (unpaired) electrons. The van der Waals surface area contributed by atoms with Crippen molar-refractivity contribution in [3.8, 4) is 10.6 Å². The Morgan fingerprint density at radius 1 is 1.08 bits per heavy atom. The number of nitrogens with zero attached hydrogens (tertiary/aromatic N) is 4. The van der Waals surface area contributed by atoms with E-state index >= 15 is 0 Å². The molecule has 2 aromatic heterocycles. The molecular formula is C29H32N6OS. The van der Waals surface area contributed by atoms with E-state index in [1.54, 1.807) is 6.20 Å². The number of thiophene rings is 1. The van der Waals surface area contributed by atoms with Gasteiger partial charge >= 0.3 is 0 Å². The summed E-state index contributed by atoms with van der Waals surface area (Å²) in [4.78, 5) is 28.3. The maximum atomic E-state index is 12.8. The summed E-state index contributed by atoms with van der Waals surface area (Å²) in [7, 11) is 4.29. The van der Waals surface area contributed by atoms with E-state index in [2.05, 4.69) is 57.7 Å². The van der Waals surface area contributed by atoms with Gasteiger partial charge in [0.1, 0.15) is 0 Å². The summed E-state index contributed by atoms with van der Waals surface area (Å²) in [5.74, 6) is 0.439. The van der Waals surface area contributed by atoms with Gasteiger partial charge in [0.05, 0.1) is 21.5 Å². The van der Waals surface area contributed by atoms with Crippen LogP contribution in [0.15, 0.2) is 79.0 Å². The number of likely N-dealkylation sites (N-methyl/N-ethyl adjacent to an activating group) is 1. The molecule has 37 heavy (non-hydrogen) atoms. The second-order valence-electron chi connectivity index (χ2n) is 9.56. The Labute approximate surface area is 222 Å². The third kappa shape index (κ3) is 5.98. The third-order valence-electron chi connectivity index (χ3n) is 6.75. The summed E-state index contributed by atoms with van der Waals surface area (Å²) < 4.78 is 0. The van der Waals surface area contributed by atoms with E-state index < -0.39 is 0 Å². The Hall–Kier alpha value is -3.75. The van der Waals surface area contributed by atoms with Gasteiger partial charge in [-0.05, 0) is 69.4 Å². The largest absolute Gasteiger partial charge is 0.370 e. The monoisotopic (exact) mass is 512 g/mol. The van der Waals surface area contributed by atoms with Gasteiger partial charge in [-0.3, -0.25) is 4.79 Å². The number of aromatic nitrogens is 2. The van der Waals surface area contributed by atoms with Crippen molar-refractivity contribution in [1.29, 1.82) is 0 Å². The highest BCUT2D eigenvalue weighted by molar-refractivity contribution is 7.17. The number of carbonyl (C=O) groups is 1. The summed E-state index contributed by atoms with van der Waals surface area (Å²) in [6, 6.07) is 24.5. The molecule has 0 saturated carbocycles. The van der Waals surface area contributed by atoms with Gasteiger partial charge in [-0.15, -0.1) is 11.3 Å². The topological polar surface area (TPSA) is 73.4 Å². The zero-order valence-corrected chi connectivity index (χ0v) is 22.2. The second-order valence-corrected chi connectivity index (χ2v) is 10.6. The second kappa shape index (κ2) is 11.1. The van der Waals surface area contributed by atoms with Crippen LogP contribution in [0.2, 0.25) is 0 Å². The predicted octanol–water partition coefficient (Wildman–Crippen LogP) is 5.58. The van der Waals surface area contributed by atoms with Crippen molar-refractivity contribution in [2.45, 2.75) is 25.4 Å². The normalized spacial score (nSPS) is 16.1. The first-order chi connectivity index (χ1) is 18.0. The molecule has 0 bridgehead atoms. The number of benzene rings is 2. The van der Waals surface area contributed by atoms with E-state index in [-0.39, 0.29) is 11.9 Å². The van der Waals surface area contributed by atoms with Gasteiger partial charge in [0.25, 0.3) is 5.91 Å². The van der Waals surface area contributed by atoms with Gasteiger partial charge in [-0.2, -0.15) is 0 Å². The molecule has 0 aliphatic carbocycles. The smallest absolute Gasteiger partial charge is 0.261 e. The van der Waals surface area contributed by atoms with Gasteiger partial charge in [0.2, 0.25) is 5.95 Å². The van der Waals surface area contributed by atoms with Gasteiger partial charge < -0.3 is 20.4 Å². The van der Waals surface area contributed by atoms with Crippen molar-refractivity contribution in [1.82, 2.24) is 20.2 Å². The van der Waals surface area contributed by atoms with Crippen LogP contribution in [0.1, 0.15) is 34.6 Å². The van der Waals surface area contributed by atoms with E-state index in [0.29, 0.717) is 16.9 Å². The Bertz CT molecular complexity index is 1360. The lowest BCUT2D eigenvalue weighted by Gasteiger charge is -2.22. The summed E-state index contributed by atoms with van der Waals surface area (Å²) in [5, 5.41) is 6.43. The number of nitrogens with one attached hydrogen (secondary N) is 2. The van der Waals surface area contributed by atoms with Crippen molar-refractivity contribution in [2.24, 2.45) is 0 Å². The van der Waals surface area contributed by atoms with E-state index in [1.165, 1.54) is 23.4 Å². The van der Waals surface area contributed by atoms with Crippen LogP contribution < -0.4 is 15.5 Å². The maximum Gasteiger partial charge on any atom is 0.261 e. The molecule has 1 fully saturated rings. The number of rotatable bonds is 8. The molecule has 2 atom stereocenters. The minimum Gasteiger partial charge on any atom is -0.370 e. The molecule has 0 spiro atoms. The molecule has 2 N–H and O–H groups in total. The lowest BCUT2D eigenvalue weighted by atomic mass is 10.1. The van der Waals surface area contributed by atoms with Crippen LogP contribution in [0.4, 0.5) is 17.3 Å². The molecule has 5 rings (SSSR count). The molecule has 4 aromatic rings. The summed E-state index contributed by atoms with van der Waals surface area (Å²) in [6.07, 6.45) is 2.91. The lowest BCUT2D eigenvalue weighted by Crippen LogP contribution is -2.31. The fraction of sp³-hybridized carbons (Fsp3) is 0.276. The zero-order chi connectivity index (χ0) is 25.8. The zero-order valence-electron chi connectivity index (χ0n) is 21.4. The molecular weight excluding hydrogens is 480 g/mol. The fourth-order valence-corrected chi connectivity index (χ4v) is 5.43. The number of amides is 1. The van der Waals surface area contributed by atoms with Crippen molar-refractivity contribution in [3.63, 3.8) is 0 Å². The molecule has 2 aromatic carbocycles. The summed E-state index contributed by atoms with van der Waals surface area (Å²) in [5.41, 5.74) is 4.00. The van der Waals surface area contributed by atoms with E-state index in [0.717, 1.165) is 34.9 Å². The summed E-state index contributed by atoms with van der Waals surface area (Å²) in [6.45, 7) is 4.07. The quantitative estimate of drug-likeness (QED) is 0.321. The first-order valence-electron chi connectivity index (χ1n) is 12.5. The molecule has 1 amide bonds. The highest BCUT2D eigenvalue weighted by atomic mass is 32.1. The van der Waals surface area contributed by atoms with Gasteiger partial charge in [0.15, 0.2) is 0 Å². The number of anilines is 3. The minimum absolute atomic E-state index is 0.0702. The minimum atomic E-state index is -0.0877. The molecule has 3 heterocycles. The molecule has 190 valence electrons. The van der Waals surface area contributed by atoms with E-state index in [9.17, 15) is 4.79 Å². The fourth-order valence-electron chi connectivity index (χ4n) is 4.55. The SMILES string of the molecule is C[C@@H](NC(=O)c1ccc(-c2ccnc(Nc3cccc(N4CCC(N(C)C)C4)c3)n2)s1)c1ccccc1. The molecule has 1 aliphatic heterocycles. The van der Waals surface area contributed by atoms with Gasteiger partial charge in [-0.25, -0.2) is 9.97 Å². The number of hydrogen-bond acceptors (Lipinski definition) is 7. The first-order valence-corrected chi connectivity index (χ1v) is 13.4. The van der Waals surface area contributed by atoms with Crippen LogP contribution in [0.5, 0.6) is 0 Å². The van der Waals surface area contributed by atoms with Gasteiger partial charge in [-0.1, -0.05) is 36.4 Å². The van der Waals surface area contributed by atoms with E-state index in [4.69, 9.17) is 4.98 Å². The summed E-state index contributed by atoms with van der Waals surface area (Å²) >= 11 is 1.43. The Balaban J connectivity index is 1.26. The van der Waals surface area contributed by atoms with Crippen molar-refractivity contribution in [3.05, 3.63) is 89.4 Å². The Morgan fingerprint density at radius 2 is 1.92 bits per heavy atom. The van der Waals surface area contributed by atoms with Crippen LogP contribution in [0.3, 0.4) is 0 Å². The van der Waals surface area contributed by atoms with E-state index in [1.807, 2.05) is 61.5 Å². The Kier molecular flexibility index (Phi) is 7.48. The van der Waals surface area contributed by atoms with Crippen LogP contribution in [-0.4, -0.2) is 54.0 Å². The molecule has 1 unspecified atom stereocenters. The molecule has 1 saturated heterocycles. The standard InChI is InChI=1S/C29H32N6OS/c1-20(21-8-5-4-6-9-21)31-28(36)27-13-12-26(37-27)25-14-16-30-29(33-25)32-22-10-7-11-23(18-22)35-17-15-24(19-35)34(2)3/h4-14,16,18,20,24H,15,17,19H2,1-3H3,(H,31,36)(H,30,32,33)/t20-,24?/m1/s1. The van der Waals surface area contributed by atoms with Crippen LogP contribution >= 0.6 is 11.3 Å². The Morgan fingerprint density at radius 3 is 2.70 bits per heavy atom.